The Kier molecular flexibility index (Phi) is 4.01. The summed E-state index contributed by atoms with van der Waals surface area (Å²) in [6.07, 6.45) is 0. The Morgan fingerprint density at radius 1 is 1.47 bits per heavy atom. The molecule has 0 atom stereocenters. The minimum atomic E-state index is 0.0418. The number of aryl methyl sites for hydroxylation is 2. The zero-order valence-electron chi connectivity index (χ0n) is 10.5. The molecule has 0 bridgehead atoms. The number of nitrogens with zero attached hydrogens (tertiary/aromatic N) is 3. The number of oxime groups is 1. The van der Waals surface area contributed by atoms with Gasteiger partial charge in [0.15, 0.2) is 5.84 Å². The van der Waals surface area contributed by atoms with Crippen molar-refractivity contribution in [1.82, 2.24) is 9.78 Å². The average Bonchev–Trinajstić information content (AvgIpc) is 2.66. The molecule has 0 unspecified atom stereocenters. The van der Waals surface area contributed by atoms with Crippen molar-refractivity contribution in [1.29, 1.82) is 0 Å². The van der Waals surface area contributed by atoms with Crippen molar-refractivity contribution in [3.8, 4) is 0 Å². The van der Waals surface area contributed by atoms with Crippen molar-refractivity contribution in [3.63, 3.8) is 0 Å². The lowest BCUT2D eigenvalue weighted by Crippen LogP contribution is -2.14. The van der Waals surface area contributed by atoms with Gasteiger partial charge in [-0.25, -0.2) is 0 Å². The van der Waals surface area contributed by atoms with Crippen molar-refractivity contribution >= 4 is 29.2 Å². The third kappa shape index (κ3) is 2.69. The molecule has 0 aliphatic carbocycles. The van der Waals surface area contributed by atoms with Crippen LogP contribution in [-0.4, -0.2) is 20.8 Å². The number of benzene rings is 1. The maximum Gasteiger partial charge on any atom is 0.174 e. The fourth-order valence-electron chi connectivity index (χ4n) is 1.73. The van der Waals surface area contributed by atoms with Crippen LogP contribution in [0.3, 0.4) is 0 Å². The smallest absolute Gasteiger partial charge is 0.174 e. The Bertz CT molecular complexity index is 639. The number of rotatable bonds is 3. The molecule has 2 aromatic rings. The van der Waals surface area contributed by atoms with E-state index in [2.05, 4.69) is 10.3 Å². The Balaban J connectivity index is 2.49. The SMILES string of the molecule is Cc1nn(C)c(Sc2ccccc2Cl)c1C(N)=NO. The van der Waals surface area contributed by atoms with Crippen LogP contribution in [0.15, 0.2) is 39.3 Å². The van der Waals surface area contributed by atoms with Gasteiger partial charge in [0, 0.05) is 11.9 Å². The molecule has 19 heavy (non-hydrogen) atoms. The largest absolute Gasteiger partial charge is 0.409 e. The van der Waals surface area contributed by atoms with Gasteiger partial charge in [0.05, 0.1) is 16.3 Å². The monoisotopic (exact) mass is 296 g/mol. The van der Waals surface area contributed by atoms with Gasteiger partial charge in [0.2, 0.25) is 0 Å². The van der Waals surface area contributed by atoms with Gasteiger partial charge in [-0.2, -0.15) is 5.10 Å². The van der Waals surface area contributed by atoms with E-state index in [-0.39, 0.29) is 5.84 Å². The van der Waals surface area contributed by atoms with Gasteiger partial charge in [-0.3, -0.25) is 4.68 Å². The second-order valence-corrected chi connectivity index (χ2v) is 5.34. The van der Waals surface area contributed by atoms with Gasteiger partial charge in [0.25, 0.3) is 0 Å². The molecule has 1 aromatic carbocycles. The minimum absolute atomic E-state index is 0.0418. The van der Waals surface area contributed by atoms with Crippen LogP contribution in [0, 0.1) is 6.92 Å². The molecule has 0 amide bonds. The molecular weight excluding hydrogens is 284 g/mol. The van der Waals surface area contributed by atoms with Crippen LogP contribution >= 0.6 is 23.4 Å². The summed E-state index contributed by atoms with van der Waals surface area (Å²) >= 11 is 7.57. The van der Waals surface area contributed by atoms with Crippen molar-refractivity contribution in [2.45, 2.75) is 16.8 Å². The summed E-state index contributed by atoms with van der Waals surface area (Å²) in [6, 6.07) is 7.49. The summed E-state index contributed by atoms with van der Waals surface area (Å²) in [5, 5.41) is 17.6. The topological polar surface area (TPSA) is 76.4 Å². The lowest BCUT2D eigenvalue weighted by molar-refractivity contribution is 0.318. The van der Waals surface area contributed by atoms with E-state index in [4.69, 9.17) is 22.5 Å². The highest BCUT2D eigenvalue weighted by molar-refractivity contribution is 7.99. The van der Waals surface area contributed by atoms with E-state index in [1.807, 2.05) is 31.2 Å². The molecule has 3 N–H and O–H groups in total. The molecule has 0 radical (unpaired) electrons. The third-order valence-electron chi connectivity index (χ3n) is 2.58. The molecule has 2 rings (SSSR count). The summed E-state index contributed by atoms with van der Waals surface area (Å²) < 4.78 is 1.69. The summed E-state index contributed by atoms with van der Waals surface area (Å²) in [5.41, 5.74) is 7.02. The van der Waals surface area contributed by atoms with Gasteiger partial charge in [0.1, 0.15) is 5.03 Å². The van der Waals surface area contributed by atoms with E-state index in [1.165, 1.54) is 11.8 Å². The number of hydrogen-bond donors (Lipinski definition) is 2. The number of halogens is 1. The third-order valence-corrected chi connectivity index (χ3v) is 4.26. The van der Waals surface area contributed by atoms with Gasteiger partial charge in [-0.1, -0.05) is 40.7 Å². The highest BCUT2D eigenvalue weighted by Gasteiger charge is 2.18. The number of aromatic nitrogens is 2. The zero-order valence-corrected chi connectivity index (χ0v) is 12.0. The molecule has 0 saturated carbocycles. The molecular formula is C12H13ClN4OS. The van der Waals surface area contributed by atoms with E-state index in [0.717, 1.165) is 9.92 Å². The van der Waals surface area contributed by atoms with Gasteiger partial charge in [-0.05, 0) is 19.1 Å². The average molecular weight is 297 g/mol. The van der Waals surface area contributed by atoms with E-state index in [0.29, 0.717) is 16.3 Å². The maximum atomic E-state index is 8.86. The molecule has 1 aromatic heterocycles. The number of hydrogen-bond acceptors (Lipinski definition) is 4. The van der Waals surface area contributed by atoms with Gasteiger partial charge >= 0.3 is 0 Å². The first-order valence-corrected chi connectivity index (χ1v) is 6.68. The normalized spacial score (nSPS) is 11.8. The first kappa shape index (κ1) is 13.8. The zero-order chi connectivity index (χ0) is 14.0. The van der Waals surface area contributed by atoms with E-state index >= 15 is 0 Å². The van der Waals surface area contributed by atoms with E-state index in [1.54, 1.807) is 11.7 Å². The predicted octanol–water partition coefficient (Wildman–Crippen LogP) is 2.63. The molecule has 1 heterocycles. The van der Waals surface area contributed by atoms with Crippen molar-refractivity contribution in [3.05, 3.63) is 40.5 Å². The van der Waals surface area contributed by atoms with Crippen molar-refractivity contribution in [2.75, 3.05) is 0 Å². The molecule has 0 spiro atoms. The number of nitrogens with two attached hydrogens (primary N) is 1. The standard InChI is InChI=1S/C12H13ClN4OS/c1-7-10(11(14)16-18)12(17(2)15-7)19-9-6-4-3-5-8(9)13/h3-6,18H,1-2H3,(H2,14,16). The second kappa shape index (κ2) is 5.54. The summed E-state index contributed by atoms with van der Waals surface area (Å²) in [4.78, 5) is 0.888. The Morgan fingerprint density at radius 2 is 2.16 bits per heavy atom. The summed E-state index contributed by atoms with van der Waals surface area (Å²) in [6.45, 7) is 1.81. The molecule has 0 saturated heterocycles. The lowest BCUT2D eigenvalue weighted by Gasteiger charge is -2.06. The Hall–Kier alpha value is -1.66. The van der Waals surface area contributed by atoms with Crippen LogP contribution in [0.2, 0.25) is 5.02 Å². The fraction of sp³-hybridized carbons (Fsp3) is 0.167. The predicted molar refractivity (Wildman–Crippen MR) is 76.0 cm³/mol. The Labute approximate surface area is 120 Å². The van der Waals surface area contributed by atoms with E-state index < -0.39 is 0 Å². The highest BCUT2D eigenvalue weighted by Crippen LogP contribution is 2.35. The highest BCUT2D eigenvalue weighted by atomic mass is 35.5. The van der Waals surface area contributed by atoms with Crippen LogP contribution in [0.25, 0.3) is 0 Å². The van der Waals surface area contributed by atoms with Gasteiger partial charge in [-0.15, -0.1) is 0 Å². The van der Waals surface area contributed by atoms with Crippen LogP contribution in [0.1, 0.15) is 11.3 Å². The fourth-order valence-corrected chi connectivity index (χ4v) is 3.03. The molecule has 0 fully saturated rings. The molecule has 7 heteroatoms. The molecule has 0 aliphatic rings. The van der Waals surface area contributed by atoms with Gasteiger partial charge < -0.3 is 10.9 Å². The Morgan fingerprint density at radius 3 is 2.79 bits per heavy atom. The summed E-state index contributed by atoms with van der Waals surface area (Å²) in [7, 11) is 1.81. The second-order valence-electron chi connectivity index (χ2n) is 3.91. The maximum absolute atomic E-state index is 8.86. The van der Waals surface area contributed by atoms with Crippen LogP contribution in [0.5, 0.6) is 0 Å². The van der Waals surface area contributed by atoms with Crippen molar-refractivity contribution in [2.24, 2.45) is 17.9 Å². The number of amidine groups is 1. The van der Waals surface area contributed by atoms with Crippen molar-refractivity contribution < 1.29 is 5.21 Å². The molecule has 0 aliphatic heterocycles. The van der Waals surface area contributed by atoms with Crippen LogP contribution in [-0.2, 0) is 7.05 Å². The first-order valence-electron chi connectivity index (χ1n) is 5.48. The summed E-state index contributed by atoms with van der Waals surface area (Å²) in [5.74, 6) is 0.0418. The molecule has 100 valence electrons. The lowest BCUT2D eigenvalue weighted by atomic mass is 10.2. The van der Waals surface area contributed by atoms with E-state index in [9.17, 15) is 0 Å². The minimum Gasteiger partial charge on any atom is -0.409 e. The quantitative estimate of drug-likeness (QED) is 0.395. The first-order chi connectivity index (χ1) is 9.04. The van der Waals surface area contributed by atoms with Crippen LogP contribution in [0.4, 0.5) is 0 Å². The van der Waals surface area contributed by atoms with Crippen LogP contribution < -0.4 is 5.73 Å². The molecule has 5 nitrogen and oxygen atoms in total.